The minimum Gasteiger partial charge on any atom is -0.494 e. The molecule has 0 saturated carbocycles. The van der Waals surface area contributed by atoms with Gasteiger partial charge < -0.3 is 14.7 Å². The third-order valence-corrected chi connectivity index (χ3v) is 5.73. The number of nitrogens with zero attached hydrogens (tertiary/aromatic N) is 2. The lowest BCUT2D eigenvalue weighted by Crippen LogP contribution is -2.43. The highest BCUT2D eigenvalue weighted by Gasteiger charge is 2.34. The maximum Gasteiger partial charge on any atom is 0.266 e. The van der Waals surface area contributed by atoms with E-state index in [1.807, 2.05) is 49.4 Å². The first-order valence-electron chi connectivity index (χ1n) is 9.48. The van der Waals surface area contributed by atoms with Gasteiger partial charge in [0.15, 0.2) is 0 Å². The number of thiocarbonyl (C=S) groups is 1. The highest BCUT2D eigenvalue weighted by molar-refractivity contribution is 8.26. The number of carbonyl (C=O) groups is 2. The standard InChI is InChI=1S/C22H22N2O4S2/c1-2-28-18-10-8-16(9-11-18)14-19-21(27)24(22(29)30-19)15-20(26)23(12-13-25)17-6-4-3-5-7-17/h3-11,14,25H,2,12-13,15H2,1H3/b19-14-. The van der Waals surface area contributed by atoms with E-state index >= 15 is 0 Å². The van der Waals surface area contributed by atoms with Gasteiger partial charge in [-0.3, -0.25) is 14.5 Å². The summed E-state index contributed by atoms with van der Waals surface area (Å²) >= 11 is 6.51. The smallest absolute Gasteiger partial charge is 0.266 e. The van der Waals surface area contributed by atoms with Crippen molar-refractivity contribution in [2.45, 2.75) is 6.92 Å². The number of thioether (sulfide) groups is 1. The number of carbonyl (C=O) groups excluding carboxylic acids is 2. The minimum absolute atomic E-state index is 0.139. The molecule has 156 valence electrons. The van der Waals surface area contributed by atoms with Crippen molar-refractivity contribution < 1.29 is 19.4 Å². The van der Waals surface area contributed by atoms with Crippen LogP contribution in [0.1, 0.15) is 12.5 Å². The van der Waals surface area contributed by atoms with Crippen molar-refractivity contribution in [3.05, 3.63) is 65.1 Å². The van der Waals surface area contributed by atoms with Gasteiger partial charge in [-0.2, -0.15) is 0 Å². The summed E-state index contributed by atoms with van der Waals surface area (Å²) in [5, 5.41) is 9.35. The van der Waals surface area contributed by atoms with Gasteiger partial charge in [-0.25, -0.2) is 0 Å². The van der Waals surface area contributed by atoms with Crippen LogP contribution in [-0.4, -0.2) is 52.4 Å². The molecule has 30 heavy (non-hydrogen) atoms. The molecule has 1 heterocycles. The van der Waals surface area contributed by atoms with E-state index in [0.29, 0.717) is 21.5 Å². The summed E-state index contributed by atoms with van der Waals surface area (Å²) in [7, 11) is 0. The average Bonchev–Trinajstić information content (AvgIpc) is 3.01. The molecule has 1 aliphatic heterocycles. The largest absolute Gasteiger partial charge is 0.494 e. The molecule has 1 saturated heterocycles. The molecule has 8 heteroatoms. The first-order valence-corrected chi connectivity index (χ1v) is 10.7. The number of aliphatic hydroxyl groups is 1. The van der Waals surface area contributed by atoms with E-state index in [2.05, 4.69) is 0 Å². The second-order valence-electron chi connectivity index (χ2n) is 6.37. The molecule has 0 atom stereocenters. The lowest BCUT2D eigenvalue weighted by molar-refractivity contribution is -0.127. The monoisotopic (exact) mass is 442 g/mol. The van der Waals surface area contributed by atoms with E-state index < -0.39 is 0 Å². The minimum atomic E-state index is -0.311. The molecular weight excluding hydrogens is 420 g/mol. The van der Waals surface area contributed by atoms with Crippen molar-refractivity contribution in [2.24, 2.45) is 0 Å². The number of aliphatic hydroxyl groups excluding tert-OH is 1. The number of amides is 2. The van der Waals surface area contributed by atoms with E-state index in [1.165, 1.54) is 21.6 Å². The molecule has 2 amide bonds. The van der Waals surface area contributed by atoms with Gasteiger partial charge in [0.2, 0.25) is 5.91 Å². The topological polar surface area (TPSA) is 70.1 Å². The van der Waals surface area contributed by atoms with Crippen LogP contribution in [0.4, 0.5) is 5.69 Å². The summed E-state index contributed by atoms with van der Waals surface area (Å²) in [6, 6.07) is 16.4. The Kier molecular flexibility index (Phi) is 7.62. The normalized spacial score (nSPS) is 15.0. The Hall–Kier alpha value is -2.68. The number of benzene rings is 2. The first-order chi connectivity index (χ1) is 14.5. The van der Waals surface area contributed by atoms with E-state index in [-0.39, 0.29) is 31.5 Å². The van der Waals surface area contributed by atoms with Gasteiger partial charge in [0, 0.05) is 12.2 Å². The van der Waals surface area contributed by atoms with Gasteiger partial charge in [-0.1, -0.05) is 54.3 Å². The molecule has 6 nitrogen and oxygen atoms in total. The third-order valence-electron chi connectivity index (χ3n) is 4.35. The van der Waals surface area contributed by atoms with E-state index in [9.17, 15) is 14.7 Å². The molecule has 2 aromatic rings. The van der Waals surface area contributed by atoms with Crippen LogP contribution in [0.2, 0.25) is 0 Å². The van der Waals surface area contributed by atoms with Crippen molar-refractivity contribution in [2.75, 3.05) is 31.2 Å². The average molecular weight is 443 g/mol. The Morgan fingerprint density at radius 3 is 2.53 bits per heavy atom. The predicted octanol–water partition coefficient (Wildman–Crippen LogP) is 3.31. The Labute approximate surface area is 185 Å². The fourth-order valence-electron chi connectivity index (χ4n) is 2.94. The summed E-state index contributed by atoms with van der Waals surface area (Å²) in [4.78, 5) is 28.9. The Bertz CT molecular complexity index is 945. The van der Waals surface area contributed by atoms with E-state index in [1.54, 1.807) is 18.2 Å². The zero-order valence-electron chi connectivity index (χ0n) is 16.5. The number of rotatable bonds is 8. The maximum absolute atomic E-state index is 12.9. The Morgan fingerprint density at radius 1 is 1.20 bits per heavy atom. The molecule has 1 aliphatic rings. The number of para-hydroxylation sites is 1. The van der Waals surface area contributed by atoms with Gasteiger partial charge in [0.05, 0.1) is 18.1 Å². The van der Waals surface area contributed by atoms with Gasteiger partial charge in [0.1, 0.15) is 16.6 Å². The van der Waals surface area contributed by atoms with E-state index in [0.717, 1.165) is 11.3 Å². The molecule has 1 N–H and O–H groups in total. The zero-order chi connectivity index (χ0) is 21.5. The summed E-state index contributed by atoms with van der Waals surface area (Å²) in [6.45, 7) is 2.28. The van der Waals surface area contributed by atoms with Crippen LogP contribution in [0, 0.1) is 0 Å². The lowest BCUT2D eigenvalue weighted by atomic mass is 10.2. The SMILES string of the molecule is CCOc1ccc(/C=C2\SC(=S)N(CC(=O)N(CCO)c3ccccc3)C2=O)cc1. The zero-order valence-corrected chi connectivity index (χ0v) is 18.1. The summed E-state index contributed by atoms with van der Waals surface area (Å²) < 4.78 is 5.76. The number of hydrogen-bond donors (Lipinski definition) is 1. The van der Waals surface area contributed by atoms with Gasteiger partial charge in [-0.15, -0.1) is 0 Å². The number of anilines is 1. The van der Waals surface area contributed by atoms with Crippen molar-refractivity contribution in [3.63, 3.8) is 0 Å². The third kappa shape index (κ3) is 5.27. The van der Waals surface area contributed by atoms with Crippen LogP contribution < -0.4 is 9.64 Å². The number of hydrogen-bond acceptors (Lipinski definition) is 6. The van der Waals surface area contributed by atoms with Crippen LogP contribution in [0.25, 0.3) is 6.08 Å². The van der Waals surface area contributed by atoms with Crippen LogP contribution in [0.5, 0.6) is 5.75 Å². The quantitative estimate of drug-likeness (QED) is 0.500. The molecule has 0 aliphatic carbocycles. The second kappa shape index (κ2) is 10.4. The highest BCUT2D eigenvalue weighted by Crippen LogP contribution is 2.33. The summed E-state index contributed by atoms with van der Waals surface area (Å²) in [5.41, 5.74) is 1.50. The summed E-state index contributed by atoms with van der Waals surface area (Å²) in [6.07, 6.45) is 1.75. The number of ether oxygens (including phenoxy) is 1. The summed E-state index contributed by atoms with van der Waals surface area (Å²) in [5.74, 6) is 0.149. The second-order valence-corrected chi connectivity index (χ2v) is 8.05. The van der Waals surface area contributed by atoms with Crippen LogP contribution in [0.15, 0.2) is 59.5 Å². The molecule has 1 fully saturated rings. The molecule has 3 rings (SSSR count). The van der Waals surface area contributed by atoms with Gasteiger partial charge in [0.25, 0.3) is 5.91 Å². The van der Waals surface area contributed by atoms with Crippen molar-refractivity contribution in [1.82, 2.24) is 4.90 Å². The van der Waals surface area contributed by atoms with Crippen LogP contribution in [0.3, 0.4) is 0 Å². The molecule has 0 aromatic heterocycles. The van der Waals surface area contributed by atoms with Crippen molar-refractivity contribution >= 4 is 51.9 Å². The van der Waals surface area contributed by atoms with Gasteiger partial charge in [-0.05, 0) is 42.8 Å². The van der Waals surface area contributed by atoms with E-state index in [4.69, 9.17) is 17.0 Å². The molecule has 2 aromatic carbocycles. The highest BCUT2D eigenvalue weighted by atomic mass is 32.2. The Morgan fingerprint density at radius 2 is 1.90 bits per heavy atom. The van der Waals surface area contributed by atoms with Crippen molar-refractivity contribution in [3.8, 4) is 5.75 Å². The first kappa shape index (κ1) is 22.0. The van der Waals surface area contributed by atoms with Gasteiger partial charge >= 0.3 is 0 Å². The molecule has 0 radical (unpaired) electrons. The molecule has 0 bridgehead atoms. The van der Waals surface area contributed by atoms with Crippen molar-refractivity contribution in [1.29, 1.82) is 0 Å². The Balaban J connectivity index is 1.73. The predicted molar refractivity (Wildman–Crippen MR) is 123 cm³/mol. The molecular formula is C22H22N2O4S2. The molecule has 0 unspecified atom stereocenters. The fraction of sp³-hybridized carbons (Fsp3) is 0.227. The van der Waals surface area contributed by atoms with Crippen LogP contribution in [-0.2, 0) is 9.59 Å². The maximum atomic E-state index is 12.9. The molecule has 0 spiro atoms. The fourth-order valence-corrected chi connectivity index (χ4v) is 4.20. The van der Waals surface area contributed by atoms with Crippen LogP contribution >= 0.6 is 24.0 Å². The lowest BCUT2D eigenvalue weighted by Gasteiger charge is -2.24.